The molecule has 1 N–H and O–H groups in total. The van der Waals surface area contributed by atoms with Crippen molar-refractivity contribution in [2.75, 3.05) is 5.32 Å². The first-order chi connectivity index (χ1) is 8.90. The van der Waals surface area contributed by atoms with Gasteiger partial charge < -0.3 is 5.32 Å². The van der Waals surface area contributed by atoms with Gasteiger partial charge in [0.2, 0.25) is 5.91 Å². The molecule has 1 aromatic rings. The molecular weight excluding hydrogens is 264 g/mol. The van der Waals surface area contributed by atoms with Crippen LogP contribution in [0.15, 0.2) is 0 Å². The Labute approximate surface area is 115 Å². The average Bonchev–Trinajstić information content (AvgIpc) is 2.71. The van der Waals surface area contributed by atoms with E-state index in [1.165, 1.54) is 6.92 Å². The molecule has 1 amide bonds. The van der Waals surface area contributed by atoms with Crippen molar-refractivity contribution in [1.29, 1.82) is 0 Å². The number of carbonyl (C=O) groups is 3. The van der Waals surface area contributed by atoms with Crippen molar-refractivity contribution in [3.8, 4) is 0 Å². The van der Waals surface area contributed by atoms with Crippen molar-refractivity contribution in [1.82, 2.24) is 4.98 Å². The Morgan fingerprint density at radius 3 is 2.68 bits per heavy atom. The van der Waals surface area contributed by atoms with Crippen molar-refractivity contribution < 1.29 is 14.4 Å². The van der Waals surface area contributed by atoms with E-state index < -0.39 is 5.92 Å². The molecule has 1 unspecified atom stereocenters. The van der Waals surface area contributed by atoms with E-state index in [0.29, 0.717) is 28.5 Å². The van der Waals surface area contributed by atoms with E-state index in [0.717, 1.165) is 11.3 Å². The maximum absolute atomic E-state index is 12.3. The topological polar surface area (TPSA) is 76.1 Å². The lowest BCUT2D eigenvalue weighted by Crippen LogP contribution is -2.31. The summed E-state index contributed by atoms with van der Waals surface area (Å²) in [7, 11) is 0. The van der Waals surface area contributed by atoms with Crippen molar-refractivity contribution >= 4 is 33.9 Å². The summed E-state index contributed by atoms with van der Waals surface area (Å²) >= 11 is 1.16. The minimum absolute atomic E-state index is 0.00914. The third kappa shape index (κ3) is 2.73. The van der Waals surface area contributed by atoms with Crippen molar-refractivity contribution in [2.45, 2.75) is 33.6 Å². The molecule has 0 fully saturated rings. The summed E-state index contributed by atoms with van der Waals surface area (Å²) in [6.07, 6.45) is 1.13. The molecule has 1 atom stereocenters. The number of nitrogens with zero attached hydrogens (tertiary/aromatic N) is 1. The number of aryl methyl sites for hydroxylation is 1. The van der Waals surface area contributed by atoms with Crippen molar-refractivity contribution in [3.05, 3.63) is 10.6 Å². The first kappa shape index (κ1) is 13.9. The number of nitrogens with one attached hydrogen (secondary N) is 1. The smallest absolute Gasteiger partial charge is 0.223 e. The lowest BCUT2D eigenvalue weighted by Gasteiger charge is -2.20. The second-order valence-corrected chi connectivity index (χ2v) is 5.99. The highest BCUT2D eigenvalue weighted by Crippen LogP contribution is 2.33. The molecule has 0 saturated carbocycles. The Kier molecular flexibility index (Phi) is 3.80. The summed E-state index contributed by atoms with van der Waals surface area (Å²) in [6.45, 7) is 5.01. The van der Waals surface area contributed by atoms with E-state index in [9.17, 15) is 14.4 Å². The number of carbonyl (C=O) groups excluding carboxylic acids is 3. The predicted octanol–water partition coefficient (Wildman–Crippen LogP) is 2.07. The van der Waals surface area contributed by atoms with Gasteiger partial charge >= 0.3 is 0 Å². The molecule has 102 valence electrons. The fourth-order valence-corrected chi connectivity index (χ4v) is 3.21. The SMILES string of the molecule is CC(=O)Nc1nc2c(s1)C(=O)C(C(=O)C(C)C)CC2. The summed E-state index contributed by atoms with van der Waals surface area (Å²) in [6, 6.07) is 0. The standard InChI is InChI=1S/C13H16N2O3S/c1-6(2)10(17)8-4-5-9-12(11(8)18)19-13(15-9)14-7(3)16/h6,8H,4-5H2,1-3H3,(H,14,15,16). The average molecular weight is 280 g/mol. The van der Waals surface area contributed by atoms with Gasteiger partial charge in [0.15, 0.2) is 10.9 Å². The number of rotatable bonds is 3. The molecule has 0 aromatic carbocycles. The van der Waals surface area contributed by atoms with E-state index in [4.69, 9.17) is 0 Å². The van der Waals surface area contributed by atoms with E-state index in [1.54, 1.807) is 13.8 Å². The fraction of sp³-hybridized carbons (Fsp3) is 0.538. The zero-order valence-electron chi connectivity index (χ0n) is 11.1. The van der Waals surface area contributed by atoms with Gasteiger partial charge in [0.05, 0.1) is 16.5 Å². The Morgan fingerprint density at radius 1 is 1.42 bits per heavy atom. The van der Waals surface area contributed by atoms with Crippen LogP contribution >= 0.6 is 11.3 Å². The number of hydrogen-bond acceptors (Lipinski definition) is 5. The van der Waals surface area contributed by atoms with Crippen LogP contribution in [0.1, 0.15) is 42.6 Å². The third-order valence-electron chi connectivity index (χ3n) is 3.10. The number of thiazole rings is 1. The van der Waals surface area contributed by atoms with Gasteiger partial charge in [-0.2, -0.15) is 0 Å². The monoisotopic (exact) mass is 280 g/mol. The Balaban J connectivity index is 2.26. The Hall–Kier alpha value is -1.56. The summed E-state index contributed by atoms with van der Waals surface area (Å²) in [4.78, 5) is 40.0. The number of Topliss-reactive ketones (excluding diaryl/α,β-unsaturated/α-hetero) is 2. The highest BCUT2D eigenvalue weighted by molar-refractivity contribution is 7.17. The maximum atomic E-state index is 12.3. The number of ketones is 2. The van der Waals surface area contributed by atoms with Crippen LogP contribution < -0.4 is 5.32 Å². The van der Waals surface area contributed by atoms with Crippen LogP contribution in [0.5, 0.6) is 0 Å². The quantitative estimate of drug-likeness (QED) is 0.860. The van der Waals surface area contributed by atoms with Crippen LogP contribution in [0.25, 0.3) is 0 Å². The Morgan fingerprint density at radius 2 is 2.11 bits per heavy atom. The largest absolute Gasteiger partial charge is 0.302 e. The van der Waals surface area contributed by atoms with Gasteiger partial charge in [0.1, 0.15) is 5.78 Å². The van der Waals surface area contributed by atoms with Crippen molar-refractivity contribution in [3.63, 3.8) is 0 Å². The molecule has 0 spiro atoms. The lowest BCUT2D eigenvalue weighted by molar-refractivity contribution is -0.124. The number of fused-ring (bicyclic) bond motifs is 1. The number of hydrogen-bond donors (Lipinski definition) is 1. The summed E-state index contributed by atoms with van der Waals surface area (Å²) < 4.78 is 0. The second kappa shape index (κ2) is 5.21. The normalized spacial score (nSPS) is 18.3. The van der Waals surface area contributed by atoms with E-state index in [1.807, 2.05) is 0 Å². The fourth-order valence-electron chi connectivity index (χ4n) is 2.16. The highest BCUT2D eigenvalue weighted by Gasteiger charge is 2.36. The zero-order chi connectivity index (χ0) is 14.2. The van der Waals surface area contributed by atoms with Gasteiger partial charge in [-0.3, -0.25) is 14.4 Å². The maximum Gasteiger partial charge on any atom is 0.223 e. The first-order valence-electron chi connectivity index (χ1n) is 6.25. The molecule has 6 heteroatoms. The van der Waals surface area contributed by atoms with E-state index >= 15 is 0 Å². The molecule has 1 aromatic heterocycles. The molecule has 1 aliphatic carbocycles. The molecule has 0 bridgehead atoms. The molecule has 1 heterocycles. The predicted molar refractivity (Wildman–Crippen MR) is 72.4 cm³/mol. The molecule has 19 heavy (non-hydrogen) atoms. The molecule has 5 nitrogen and oxygen atoms in total. The van der Waals surface area contributed by atoms with Crippen molar-refractivity contribution in [2.24, 2.45) is 11.8 Å². The van der Waals surface area contributed by atoms with Gasteiger partial charge in [-0.1, -0.05) is 25.2 Å². The number of aromatic nitrogens is 1. The molecule has 0 saturated heterocycles. The number of amides is 1. The van der Waals surface area contributed by atoms with Crippen LogP contribution in [0, 0.1) is 11.8 Å². The summed E-state index contributed by atoms with van der Waals surface area (Å²) in [5, 5.41) is 3.01. The first-order valence-corrected chi connectivity index (χ1v) is 7.07. The zero-order valence-corrected chi connectivity index (χ0v) is 12.0. The van der Waals surface area contributed by atoms with E-state index in [2.05, 4.69) is 10.3 Å². The van der Waals surface area contributed by atoms with Gasteiger partial charge in [-0.15, -0.1) is 0 Å². The molecule has 1 aliphatic rings. The summed E-state index contributed by atoms with van der Waals surface area (Å²) in [5.41, 5.74) is 0.701. The summed E-state index contributed by atoms with van der Waals surface area (Å²) in [5.74, 6) is -1.05. The third-order valence-corrected chi connectivity index (χ3v) is 4.13. The Bertz CT molecular complexity index is 548. The highest BCUT2D eigenvalue weighted by atomic mass is 32.1. The van der Waals surface area contributed by atoms with Crippen LogP contribution in [0.4, 0.5) is 5.13 Å². The molecule has 2 rings (SSSR count). The van der Waals surface area contributed by atoms with Crippen LogP contribution in [-0.4, -0.2) is 22.5 Å². The van der Waals surface area contributed by atoms with E-state index in [-0.39, 0.29) is 23.4 Å². The number of anilines is 1. The minimum atomic E-state index is -0.543. The van der Waals surface area contributed by atoms with Gasteiger partial charge in [-0.05, 0) is 12.8 Å². The van der Waals surface area contributed by atoms with Gasteiger partial charge in [0, 0.05) is 12.8 Å². The molecule has 0 radical (unpaired) electrons. The van der Waals surface area contributed by atoms with Crippen LogP contribution in [0.3, 0.4) is 0 Å². The second-order valence-electron chi connectivity index (χ2n) is 4.99. The van der Waals surface area contributed by atoms with Crippen LogP contribution in [-0.2, 0) is 16.0 Å². The lowest BCUT2D eigenvalue weighted by atomic mass is 9.83. The van der Waals surface area contributed by atoms with Gasteiger partial charge in [0.25, 0.3) is 0 Å². The molecular formula is C13H16N2O3S. The molecule has 0 aliphatic heterocycles. The van der Waals surface area contributed by atoms with Gasteiger partial charge in [-0.25, -0.2) is 4.98 Å². The van der Waals surface area contributed by atoms with Crippen LogP contribution in [0.2, 0.25) is 0 Å². The minimum Gasteiger partial charge on any atom is -0.302 e.